The lowest BCUT2D eigenvalue weighted by atomic mass is 10.2. The zero-order chi connectivity index (χ0) is 18.6. The maximum absolute atomic E-state index is 13.1. The van der Waals surface area contributed by atoms with E-state index in [1.165, 1.54) is 4.90 Å². The third-order valence-electron chi connectivity index (χ3n) is 5.11. The van der Waals surface area contributed by atoms with Crippen LogP contribution in [0.25, 0.3) is 0 Å². The Balaban J connectivity index is 1.39. The number of carbonyl (C=O) groups excluding carboxylic acids is 1. The molecule has 1 saturated heterocycles. The average molecular weight is 384 g/mol. The van der Waals surface area contributed by atoms with Crippen molar-refractivity contribution in [1.82, 2.24) is 14.9 Å². The first kappa shape index (κ1) is 18.3. The Labute approximate surface area is 164 Å². The van der Waals surface area contributed by atoms with Crippen LogP contribution in [0.5, 0.6) is 0 Å². The molecule has 0 radical (unpaired) electrons. The summed E-state index contributed by atoms with van der Waals surface area (Å²) in [6, 6.07) is 10.1. The van der Waals surface area contributed by atoms with Crippen LogP contribution in [0, 0.1) is 0 Å². The van der Waals surface area contributed by atoms with Crippen molar-refractivity contribution in [2.75, 3.05) is 49.1 Å². The van der Waals surface area contributed by atoms with Gasteiger partial charge in [0.2, 0.25) is 11.9 Å². The molecular formula is C20H25N5OS. The highest BCUT2D eigenvalue weighted by Crippen LogP contribution is 2.37. The van der Waals surface area contributed by atoms with Crippen LogP contribution >= 0.6 is 11.8 Å². The Bertz CT molecular complexity index is 779. The Morgan fingerprint density at radius 1 is 1.07 bits per heavy atom. The number of fused-ring (bicyclic) bond motifs is 1. The first-order valence-electron chi connectivity index (χ1n) is 9.51. The molecule has 7 heteroatoms. The van der Waals surface area contributed by atoms with Crippen LogP contribution in [0.4, 0.5) is 11.6 Å². The molecular weight excluding hydrogens is 358 g/mol. The van der Waals surface area contributed by atoms with E-state index in [4.69, 9.17) is 0 Å². The molecule has 0 aliphatic carbocycles. The first-order valence-corrected chi connectivity index (χ1v) is 10.4. The molecule has 1 fully saturated rings. The number of aromatic nitrogens is 2. The van der Waals surface area contributed by atoms with Gasteiger partial charge in [-0.2, -0.15) is 0 Å². The number of benzene rings is 1. The van der Waals surface area contributed by atoms with Crippen molar-refractivity contribution in [3.05, 3.63) is 42.7 Å². The Morgan fingerprint density at radius 3 is 2.59 bits per heavy atom. The third kappa shape index (κ3) is 4.25. The number of thioether (sulfide) groups is 1. The Morgan fingerprint density at radius 2 is 1.81 bits per heavy atom. The van der Waals surface area contributed by atoms with Crippen LogP contribution in [0.2, 0.25) is 0 Å². The minimum Gasteiger partial charge on any atom is -0.338 e. The van der Waals surface area contributed by atoms with Crippen molar-refractivity contribution in [3.63, 3.8) is 0 Å². The Hall–Kier alpha value is -2.12. The maximum Gasteiger partial charge on any atom is 0.241 e. The average Bonchev–Trinajstić information content (AvgIpc) is 2.87. The van der Waals surface area contributed by atoms with Gasteiger partial charge in [0.05, 0.1) is 12.2 Å². The third-order valence-corrected chi connectivity index (χ3v) is 6.35. The van der Waals surface area contributed by atoms with Gasteiger partial charge < -0.3 is 9.80 Å². The normalized spacial score (nSPS) is 20.9. The molecule has 0 spiro atoms. The van der Waals surface area contributed by atoms with Gasteiger partial charge in [0.15, 0.2) is 0 Å². The molecule has 1 amide bonds. The van der Waals surface area contributed by atoms with E-state index >= 15 is 0 Å². The summed E-state index contributed by atoms with van der Waals surface area (Å²) in [4.78, 5) is 29.3. The van der Waals surface area contributed by atoms with E-state index in [2.05, 4.69) is 44.9 Å². The monoisotopic (exact) mass is 383 g/mol. The van der Waals surface area contributed by atoms with Gasteiger partial charge in [0, 0.05) is 55.3 Å². The van der Waals surface area contributed by atoms with Gasteiger partial charge in [-0.05, 0) is 24.6 Å². The van der Waals surface area contributed by atoms with Crippen molar-refractivity contribution in [1.29, 1.82) is 0 Å². The van der Waals surface area contributed by atoms with Gasteiger partial charge in [-0.15, -0.1) is 11.8 Å². The summed E-state index contributed by atoms with van der Waals surface area (Å²) in [5, 5.41) is 0.526. The zero-order valence-electron chi connectivity index (χ0n) is 15.6. The summed E-state index contributed by atoms with van der Waals surface area (Å²) >= 11 is 1.87. The molecule has 2 aliphatic rings. The molecule has 6 nitrogen and oxygen atoms in total. The summed E-state index contributed by atoms with van der Waals surface area (Å²) in [6.07, 6.45) is 4.56. The largest absolute Gasteiger partial charge is 0.338 e. The molecule has 4 rings (SSSR count). The predicted octanol–water partition coefficient (Wildman–Crippen LogP) is 2.52. The molecule has 0 N–H and O–H groups in total. The summed E-state index contributed by atoms with van der Waals surface area (Å²) < 4.78 is 0. The van der Waals surface area contributed by atoms with Crippen LogP contribution in [0.3, 0.4) is 0 Å². The van der Waals surface area contributed by atoms with E-state index in [0.717, 1.165) is 50.8 Å². The SMILES string of the molecule is C[C@H]1CCN(C(=O)CN2CCN(c3ncccn3)CC2)c2ccccc2S1. The van der Waals surface area contributed by atoms with E-state index in [-0.39, 0.29) is 5.91 Å². The summed E-state index contributed by atoms with van der Waals surface area (Å²) in [5.41, 5.74) is 1.06. The van der Waals surface area contributed by atoms with Crippen molar-refractivity contribution in [2.45, 2.75) is 23.5 Å². The van der Waals surface area contributed by atoms with Crippen molar-refractivity contribution >= 4 is 29.3 Å². The van der Waals surface area contributed by atoms with Gasteiger partial charge in [-0.1, -0.05) is 19.1 Å². The fourth-order valence-electron chi connectivity index (χ4n) is 3.58. The molecule has 27 heavy (non-hydrogen) atoms. The molecule has 1 atom stereocenters. The Kier molecular flexibility index (Phi) is 5.59. The summed E-state index contributed by atoms with van der Waals surface area (Å²) in [7, 11) is 0. The number of carbonyl (C=O) groups is 1. The fraction of sp³-hybridized carbons (Fsp3) is 0.450. The smallest absolute Gasteiger partial charge is 0.241 e. The fourth-order valence-corrected chi connectivity index (χ4v) is 4.70. The number of amides is 1. The number of hydrogen-bond acceptors (Lipinski definition) is 6. The van der Waals surface area contributed by atoms with E-state index in [0.29, 0.717) is 11.8 Å². The highest BCUT2D eigenvalue weighted by molar-refractivity contribution is 8.00. The number of piperazine rings is 1. The molecule has 2 aliphatic heterocycles. The molecule has 2 aromatic rings. The highest BCUT2D eigenvalue weighted by Gasteiger charge is 2.27. The predicted molar refractivity (Wildman–Crippen MR) is 109 cm³/mol. The van der Waals surface area contributed by atoms with Crippen molar-refractivity contribution in [2.24, 2.45) is 0 Å². The van der Waals surface area contributed by atoms with Crippen molar-refractivity contribution < 1.29 is 4.79 Å². The van der Waals surface area contributed by atoms with E-state index in [9.17, 15) is 4.79 Å². The number of nitrogens with zero attached hydrogens (tertiary/aromatic N) is 5. The minimum absolute atomic E-state index is 0.196. The van der Waals surface area contributed by atoms with Crippen LogP contribution in [-0.4, -0.2) is 65.3 Å². The lowest BCUT2D eigenvalue weighted by molar-refractivity contribution is -0.119. The molecule has 1 aromatic carbocycles. The maximum atomic E-state index is 13.1. The molecule has 1 aromatic heterocycles. The van der Waals surface area contributed by atoms with Crippen LogP contribution < -0.4 is 9.80 Å². The number of hydrogen-bond donors (Lipinski definition) is 0. The number of para-hydroxylation sites is 1. The lowest BCUT2D eigenvalue weighted by Crippen LogP contribution is -2.50. The minimum atomic E-state index is 0.196. The number of anilines is 2. The molecule has 3 heterocycles. The standard InChI is InChI=1S/C20H25N5OS/c1-16-7-10-25(17-5-2-3-6-18(17)27-16)19(26)15-23-11-13-24(14-12-23)20-21-8-4-9-22-20/h2-6,8-9,16H,7,10-15H2,1H3/t16-/m0/s1. The molecule has 142 valence electrons. The highest BCUT2D eigenvalue weighted by atomic mass is 32.2. The molecule has 0 unspecified atom stereocenters. The van der Waals surface area contributed by atoms with Gasteiger partial charge in [0.1, 0.15) is 0 Å². The number of rotatable bonds is 3. The second-order valence-electron chi connectivity index (χ2n) is 7.04. The van der Waals surface area contributed by atoms with Crippen LogP contribution in [0.1, 0.15) is 13.3 Å². The summed E-state index contributed by atoms with van der Waals surface area (Å²) in [5.74, 6) is 0.970. The zero-order valence-corrected chi connectivity index (χ0v) is 16.4. The molecule has 0 bridgehead atoms. The second-order valence-corrected chi connectivity index (χ2v) is 8.52. The first-order chi connectivity index (χ1) is 13.2. The van der Waals surface area contributed by atoms with Gasteiger partial charge in [0.25, 0.3) is 0 Å². The van der Waals surface area contributed by atoms with E-state index < -0.39 is 0 Å². The summed E-state index contributed by atoms with van der Waals surface area (Å²) in [6.45, 7) is 6.90. The quantitative estimate of drug-likeness (QED) is 0.812. The van der Waals surface area contributed by atoms with Crippen LogP contribution in [0.15, 0.2) is 47.6 Å². The molecule has 0 saturated carbocycles. The van der Waals surface area contributed by atoms with Crippen LogP contribution in [-0.2, 0) is 4.79 Å². The van der Waals surface area contributed by atoms with Crippen molar-refractivity contribution in [3.8, 4) is 0 Å². The van der Waals surface area contributed by atoms with E-state index in [1.54, 1.807) is 12.4 Å². The van der Waals surface area contributed by atoms with E-state index in [1.807, 2.05) is 28.8 Å². The van der Waals surface area contributed by atoms with Gasteiger partial charge in [-0.25, -0.2) is 9.97 Å². The van der Waals surface area contributed by atoms with Gasteiger partial charge in [-0.3, -0.25) is 9.69 Å². The topological polar surface area (TPSA) is 52.6 Å². The second kappa shape index (κ2) is 8.27. The lowest BCUT2D eigenvalue weighted by Gasteiger charge is -2.35. The van der Waals surface area contributed by atoms with Gasteiger partial charge >= 0.3 is 0 Å².